The molecule has 1 heterocycles. The fourth-order valence-corrected chi connectivity index (χ4v) is 2.10. The molecule has 1 rings (SSSR count). The Morgan fingerprint density at radius 1 is 1.38 bits per heavy atom. The highest BCUT2D eigenvalue weighted by Crippen LogP contribution is 2.26. The summed E-state index contributed by atoms with van der Waals surface area (Å²) >= 11 is 11.9. The summed E-state index contributed by atoms with van der Waals surface area (Å²) in [6.07, 6.45) is 2.54. The molecule has 16 heavy (non-hydrogen) atoms. The number of rotatable bonds is 5. The van der Waals surface area contributed by atoms with Gasteiger partial charge < -0.3 is 4.90 Å². The molecule has 0 bridgehead atoms. The van der Waals surface area contributed by atoms with Crippen molar-refractivity contribution in [2.24, 2.45) is 0 Å². The molecule has 0 spiro atoms. The van der Waals surface area contributed by atoms with Gasteiger partial charge in [0.25, 0.3) is 0 Å². The number of nitrogens with zero attached hydrogens (tertiary/aromatic N) is 3. The fraction of sp³-hybridized carbons (Fsp3) is 0.636. The van der Waals surface area contributed by atoms with E-state index in [-0.39, 0.29) is 0 Å². The van der Waals surface area contributed by atoms with Crippen molar-refractivity contribution in [1.29, 1.82) is 0 Å². The molecule has 0 unspecified atom stereocenters. The van der Waals surface area contributed by atoms with E-state index in [1.807, 2.05) is 0 Å². The highest BCUT2D eigenvalue weighted by atomic mass is 35.5. The van der Waals surface area contributed by atoms with Crippen molar-refractivity contribution in [3.63, 3.8) is 0 Å². The van der Waals surface area contributed by atoms with Crippen LogP contribution in [0.1, 0.15) is 32.8 Å². The normalized spacial score (nSPS) is 10.9. The summed E-state index contributed by atoms with van der Waals surface area (Å²) in [5.41, 5.74) is 0.813. The lowest BCUT2D eigenvalue weighted by Crippen LogP contribution is -2.33. The summed E-state index contributed by atoms with van der Waals surface area (Å²) in [5.74, 6) is 1.19. The lowest BCUT2D eigenvalue weighted by molar-refractivity contribution is 0.658. The topological polar surface area (TPSA) is 29.0 Å². The Labute approximate surface area is 107 Å². The number of anilines is 1. The van der Waals surface area contributed by atoms with Crippen LogP contribution in [0.25, 0.3) is 0 Å². The van der Waals surface area contributed by atoms with Gasteiger partial charge in [-0.25, -0.2) is 9.97 Å². The molecule has 1 aromatic heterocycles. The van der Waals surface area contributed by atoms with Crippen molar-refractivity contribution >= 4 is 29.0 Å². The van der Waals surface area contributed by atoms with Gasteiger partial charge in [0.1, 0.15) is 17.3 Å². The molecule has 3 nitrogen and oxygen atoms in total. The summed E-state index contributed by atoms with van der Waals surface area (Å²) in [7, 11) is 0. The Hall–Kier alpha value is -0.540. The van der Waals surface area contributed by atoms with Crippen LogP contribution in [0.2, 0.25) is 5.15 Å². The monoisotopic (exact) mass is 261 g/mol. The lowest BCUT2D eigenvalue weighted by Gasteiger charge is -2.29. The van der Waals surface area contributed by atoms with Crippen LogP contribution in [0.5, 0.6) is 0 Å². The minimum absolute atomic E-state index is 0.335. The van der Waals surface area contributed by atoms with Gasteiger partial charge in [0.2, 0.25) is 0 Å². The van der Waals surface area contributed by atoms with E-state index in [1.54, 1.807) is 0 Å². The summed E-state index contributed by atoms with van der Waals surface area (Å²) < 4.78 is 0. The van der Waals surface area contributed by atoms with Crippen molar-refractivity contribution in [3.8, 4) is 0 Å². The predicted octanol–water partition coefficient (Wildman–Crippen LogP) is 3.49. The molecular formula is C11H17Cl2N3. The molecule has 0 amide bonds. The first kappa shape index (κ1) is 13.5. The zero-order chi connectivity index (χ0) is 12.1. The van der Waals surface area contributed by atoms with Crippen molar-refractivity contribution in [3.05, 3.63) is 17.0 Å². The molecule has 1 aromatic rings. The standard InChI is InChI=1S/C11H17Cl2N3/c1-4-5-16(8(2)3)11-9(6-12)10(13)14-7-15-11/h7-8H,4-6H2,1-3H3. The van der Waals surface area contributed by atoms with E-state index in [4.69, 9.17) is 23.2 Å². The van der Waals surface area contributed by atoms with Gasteiger partial charge >= 0.3 is 0 Å². The molecule has 0 atom stereocenters. The van der Waals surface area contributed by atoms with Crippen LogP contribution in [0.15, 0.2) is 6.33 Å². The maximum absolute atomic E-state index is 6.02. The molecule has 90 valence electrons. The Kier molecular flexibility index (Phi) is 5.29. The first-order valence-corrected chi connectivity index (χ1v) is 6.35. The number of hydrogen-bond acceptors (Lipinski definition) is 3. The Morgan fingerprint density at radius 3 is 2.56 bits per heavy atom. The number of alkyl halides is 1. The van der Waals surface area contributed by atoms with Crippen LogP contribution >= 0.6 is 23.2 Å². The van der Waals surface area contributed by atoms with Crippen molar-refractivity contribution in [2.75, 3.05) is 11.4 Å². The van der Waals surface area contributed by atoms with E-state index < -0.39 is 0 Å². The molecule has 0 saturated carbocycles. The average Bonchev–Trinajstić information content (AvgIpc) is 2.25. The van der Waals surface area contributed by atoms with E-state index >= 15 is 0 Å². The molecule has 0 saturated heterocycles. The van der Waals surface area contributed by atoms with E-state index in [0.29, 0.717) is 17.1 Å². The van der Waals surface area contributed by atoms with Gasteiger partial charge in [-0.3, -0.25) is 0 Å². The van der Waals surface area contributed by atoms with Crippen LogP contribution in [0.3, 0.4) is 0 Å². The Bertz CT molecular complexity index is 342. The average molecular weight is 262 g/mol. The summed E-state index contributed by atoms with van der Waals surface area (Å²) in [4.78, 5) is 10.5. The van der Waals surface area contributed by atoms with Crippen LogP contribution in [-0.2, 0) is 5.88 Å². The second-order valence-electron chi connectivity index (χ2n) is 3.89. The van der Waals surface area contributed by atoms with Gasteiger partial charge in [-0.15, -0.1) is 11.6 Å². The summed E-state index contributed by atoms with van der Waals surface area (Å²) in [6.45, 7) is 7.33. The first-order chi connectivity index (χ1) is 7.61. The van der Waals surface area contributed by atoms with Crippen LogP contribution in [0.4, 0.5) is 5.82 Å². The number of halogens is 2. The zero-order valence-electron chi connectivity index (χ0n) is 9.87. The highest BCUT2D eigenvalue weighted by molar-refractivity contribution is 6.31. The third kappa shape index (κ3) is 2.98. The fourth-order valence-electron chi connectivity index (χ4n) is 1.59. The Balaban J connectivity index is 3.12. The minimum Gasteiger partial charge on any atom is -0.354 e. The third-order valence-electron chi connectivity index (χ3n) is 2.36. The van der Waals surface area contributed by atoms with Crippen LogP contribution < -0.4 is 4.90 Å². The largest absolute Gasteiger partial charge is 0.354 e. The van der Waals surface area contributed by atoms with Gasteiger partial charge in [-0.1, -0.05) is 18.5 Å². The van der Waals surface area contributed by atoms with Gasteiger partial charge in [0.15, 0.2) is 0 Å². The van der Waals surface area contributed by atoms with Crippen molar-refractivity contribution in [1.82, 2.24) is 9.97 Å². The number of aromatic nitrogens is 2. The maximum atomic E-state index is 6.02. The molecule has 5 heteroatoms. The number of hydrogen-bond donors (Lipinski definition) is 0. The third-order valence-corrected chi connectivity index (χ3v) is 2.96. The quantitative estimate of drug-likeness (QED) is 0.600. The second-order valence-corrected chi connectivity index (χ2v) is 4.51. The molecule has 0 fully saturated rings. The molecule has 0 aliphatic carbocycles. The van der Waals surface area contributed by atoms with Crippen LogP contribution in [0, 0.1) is 0 Å². The van der Waals surface area contributed by atoms with E-state index in [9.17, 15) is 0 Å². The Morgan fingerprint density at radius 2 is 2.06 bits per heavy atom. The smallest absolute Gasteiger partial charge is 0.138 e. The molecule has 0 aliphatic rings. The minimum atomic E-state index is 0.335. The first-order valence-electron chi connectivity index (χ1n) is 5.43. The maximum Gasteiger partial charge on any atom is 0.138 e. The second kappa shape index (κ2) is 6.26. The van der Waals surface area contributed by atoms with Gasteiger partial charge in [0.05, 0.1) is 5.88 Å². The van der Waals surface area contributed by atoms with E-state index in [2.05, 4.69) is 35.6 Å². The van der Waals surface area contributed by atoms with Crippen LogP contribution in [-0.4, -0.2) is 22.6 Å². The molecule has 0 N–H and O–H groups in total. The molecular weight excluding hydrogens is 245 g/mol. The van der Waals surface area contributed by atoms with Crippen molar-refractivity contribution < 1.29 is 0 Å². The summed E-state index contributed by atoms with van der Waals surface area (Å²) in [5, 5.41) is 0.446. The predicted molar refractivity (Wildman–Crippen MR) is 69.4 cm³/mol. The van der Waals surface area contributed by atoms with Gasteiger partial charge in [-0.2, -0.15) is 0 Å². The summed E-state index contributed by atoms with van der Waals surface area (Å²) in [6, 6.07) is 0.368. The SMILES string of the molecule is CCCN(c1ncnc(Cl)c1CCl)C(C)C. The highest BCUT2D eigenvalue weighted by Gasteiger charge is 2.17. The zero-order valence-corrected chi connectivity index (χ0v) is 11.4. The van der Waals surface area contributed by atoms with Gasteiger partial charge in [-0.05, 0) is 20.3 Å². The van der Waals surface area contributed by atoms with Gasteiger partial charge in [0, 0.05) is 18.2 Å². The molecule has 0 aliphatic heterocycles. The van der Waals surface area contributed by atoms with E-state index in [1.165, 1.54) is 6.33 Å². The lowest BCUT2D eigenvalue weighted by atomic mass is 10.2. The molecule has 0 aromatic carbocycles. The van der Waals surface area contributed by atoms with Crippen molar-refractivity contribution in [2.45, 2.75) is 39.1 Å². The molecule has 0 radical (unpaired) electrons. The van der Waals surface area contributed by atoms with E-state index in [0.717, 1.165) is 24.3 Å².